The fourth-order valence-electron chi connectivity index (χ4n) is 2.67. The maximum atomic E-state index is 13.0. The Kier molecular flexibility index (Phi) is 5.44. The SMILES string of the molecule is Cc1noc(/C=C/c2ccc(S(=O)(=O)Nc3ccc(F)cc3)s2)c1NC(=O)C1CC1. The summed E-state index contributed by atoms with van der Waals surface area (Å²) in [4.78, 5) is 12.7. The first-order valence-corrected chi connectivity index (χ1v) is 11.5. The van der Waals surface area contributed by atoms with Gasteiger partial charge in [-0.05, 0) is 68.3 Å². The molecule has 0 bridgehead atoms. The third-order valence-electron chi connectivity index (χ3n) is 4.45. The smallest absolute Gasteiger partial charge is 0.271 e. The zero-order valence-electron chi connectivity index (χ0n) is 15.9. The molecular formula is C20H18FN3O4S2. The lowest BCUT2D eigenvalue weighted by Crippen LogP contribution is -2.14. The van der Waals surface area contributed by atoms with Crippen LogP contribution in [0.15, 0.2) is 45.1 Å². The van der Waals surface area contributed by atoms with Gasteiger partial charge in [0.05, 0.1) is 0 Å². The summed E-state index contributed by atoms with van der Waals surface area (Å²) in [7, 11) is -3.79. The lowest BCUT2D eigenvalue weighted by atomic mass is 10.2. The van der Waals surface area contributed by atoms with E-state index in [9.17, 15) is 17.6 Å². The molecule has 156 valence electrons. The normalized spacial score (nSPS) is 14.2. The van der Waals surface area contributed by atoms with Crippen molar-refractivity contribution >= 4 is 50.8 Å². The molecule has 1 fully saturated rings. The molecular weight excluding hydrogens is 429 g/mol. The van der Waals surface area contributed by atoms with Crippen molar-refractivity contribution in [2.45, 2.75) is 24.0 Å². The molecule has 1 amide bonds. The summed E-state index contributed by atoms with van der Waals surface area (Å²) < 4.78 is 45.9. The highest BCUT2D eigenvalue weighted by molar-refractivity contribution is 7.94. The maximum absolute atomic E-state index is 13.0. The molecule has 1 aliphatic carbocycles. The number of thiophene rings is 1. The van der Waals surface area contributed by atoms with Crippen LogP contribution in [0.4, 0.5) is 15.8 Å². The van der Waals surface area contributed by atoms with Crippen LogP contribution >= 0.6 is 11.3 Å². The third-order valence-corrected chi connectivity index (χ3v) is 7.37. The van der Waals surface area contributed by atoms with Crippen molar-refractivity contribution < 1.29 is 22.1 Å². The Morgan fingerprint density at radius 1 is 1.20 bits per heavy atom. The van der Waals surface area contributed by atoms with E-state index in [0.717, 1.165) is 24.2 Å². The molecule has 30 heavy (non-hydrogen) atoms. The van der Waals surface area contributed by atoms with Gasteiger partial charge in [-0.3, -0.25) is 9.52 Å². The monoisotopic (exact) mass is 447 g/mol. The molecule has 0 radical (unpaired) electrons. The number of rotatable bonds is 7. The van der Waals surface area contributed by atoms with E-state index in [1.807, 2.05) is 0 Å². The standard InChI is InChI=1S/C20H18FN3O4S2/c1-12-19(22-20(25)13-2-3-13)17(28-23-12)10-8-16-9-11-18(29-16)30(26,27)24-15-6-4-14(21)5-7-15/h4-11,13,24H,2-3H2,1H3,(H,22,25)/b10-8+. The summed E-state index contributed by atoms with van der Waals surface area (Å²) >= 11 is 1.06. The van der Waals surface area contributed by atoms with Gasteiger partial charge in [0, 0.05) is 16.5 Å². The number of hydrogen-bond donors (Lipinski definition) is 2. The van der Waals surface area contributed by atoms with Crippen molar-refractivity contribution in [2.24, 2.45) is 5.92 Å². The highest BCUT2D eigenvalue weighted by Crippen LogP contribution is 2.32. The fraction of sp³-hybridized carbons (Fsp3) is 0.200. The van der Waals surface area contributed by atoms with E-state index in [1.165, 1.54) is 30.3 Å². The fourth-order valence-corrected chi connectivity index (χ4v) is 4.96. The molecule has 2 N–H and O–H groups in total. The van der Waals surface area contributed by atoms with E-state index in [-0.39, 0.29) is 21.7 Å². The molecule has 0 atom stereocenters. The van der Waals surface area contributed by atoms with Crippen molar-refractivity contribution in [3.63, 3.8) is 0 Å². The number of halogens is 1. The van der Waals surface area contributed by atoms with Crippen LogP contribution in [0.2, 0.25) is 0 Å². The molecule has 0 saturated heterocycles. The van der Waals surface area contributed by atoms with Gasteiger partial charge in [0.25, 0.3) is 10.0 Å². The van der Waals surface area contributed by atoms with E-state index >= 15 is 0 Å². The molecule has 2 heterocycles. The molecule has 7 nitrogen and oxygen atoms in total. The van der Waals surface area contributed by atoms with Gasteiger partial charge in [0.15, 0.2) is 5.76 Å². The largest absolute Gasteiger partial charge is 0.354 e. The Morgan fingerprint density at radius 3 is 2.63 bits per heavy atom. The van der Waals surface area contributed by atoms with E-state index in [0.29, 0.717) is 22.0 Å². The van der Waals surface area contributed by atoms with Gasteiger partial charge in [0.1, 0.15) is 21.4 Å². The minimum Gasteiger partial charge on any atom is -0.354 e. The second-order valence-corrected chi connectivity index (χ2v) is 9.90. The van der Waals surface area contributed by atoms with Crippen LogP contribution in [0.3, 0.4) is 0 Å². The Hall–Kier alpha value is -2.98. The minimum atomic E-state index is -3.79. The molecule has 1 aromatic carbocycles. The van der Waals surface area contributed by atoms with Crippen LogP contribution in [-0.2, 0) is 14.8 Å². The summed E-state index contributed by atoms with van der Waals surface area (Å²) in [6, 6.07) is 8.21. The molecule has 10 heteroatoms. The first-order chi connectivity index (χ1) is 14.3. The molecule has 1 aliphatic rings. The number of amides is 1. The van der Waals surface area contributed by atoms with Crippen LogP contribution in [0.1, 0.15) is 29.2 Å². The van der Waals surface area contributed by atoms with Gasteiger partial charge in [-0.25, -0.2) is 12.8 Å². The van der Waals surface area contributed by atoms with Crippen LogP contribution < -0.4 is 10.0 Å². The predicted octanol–water partition coefficient (Wildman–Crippen LogP) is 4.50. The van der Waals surface area contributed by atoms with Crippen molar-refractivity contribution in [1.29, 1.82) is 0 Å². The Balaban J connectivity index is 1.48. The third kappa shape index (κ3) is 4.60. The van der Waals surface area contributed by atoms with Gasteiger partial charge in [-0.2, -0.15) is 0 Å². The number of nitrogens with one attached hydrogen (secondary N) is 2. The van der Waals surface area contributed by atoms with Gasteiger partial charge >= 0.3 is 0 Å². The summed E-state index contributed by atoms with van der Waals surface area (Å²) in [6.45, 7) is 1.74. The van der Waals surface area contributed by atoms with Crippen LogP contribution in [-0.4, -0.2) is 19.5 Å². The number of hydrogen-bond acceptors (Lipinski definition) is 6. The molecule has 0 spiro atoms. The zero-order valence-corrected chi connectivity index (χ0v) is 17.5. The van der Waals surface area contributed by atoms with Crippen LogP contribution in [0.25, 0.3) is 12.2 Å². The molecule has 1 saturated carbocycles. The number of aryl methyl sites for hydroxylation is 1. The number of anilines is 2. The number of nitrogens with zero attached hydrogens (tertiary/aromatic N) is 1. The molecule has 0 unspecified atom stereocenters. The maximum Gasteiger partial charge on any atom is 0.271 e. The quantitative estimate of drug-likeness (QED) is 0.555. The van der Waals surface area contributed by atoms with E-state index in [2.05, 4.69) is 15.2 Å². The Morgan fingerprint density at radius 2 is 1.93 bits per heavy atom. The van der Waals surface area contributed by atoms with Gasteiger partial charge < -0.3 is 9.84 Å². The molecule has 0 aliphatic heterocycles. The second kappa shape index (κ2) is 8.04. The predicted molar refractivity (Wildman–Crippen MR) is 113 cm³/mol. The summed E-state index contributed by atoms with van der Waals surface area (Å²) in [5, 5.41) is 6.73. The summed E-state index contributed by atoms with van der Waals surface area (Å²) in [5.74, 6) is -0.0531. The van der Waals surface area contributed by atoms with Crippen LogP contribution in [0.5, 0.6) is 0 Å². The van der Waals surface area contributed by atoms with Gasteiger partial charge in [-0.15, -0.1) is 11.3 Å². The summed E-state index contributed by atoms with van der Waals surface area (Å²) in [6.07, 6.45) is 5.10. The molecule has 4 rings (SSSR count). The van der Waals surface area contributed by atoms with E-state index in [4.69, 9.17) is 4.52 Å². The van der Waals surface area contributed by atoms with E-state index < -0.39 is 15.8 Å². The number of carbonyl (C=O) groups is 1. The zero-order chi connectivity index (χ0) is 21.3. The average molecular weight is 448 g/mol. The van der Waals surface area contributed by atoms with Crippen molar-refractivity contribution in [3.05, 3.63) is 58.5 Å². The topological polar surface area (TPSA) is 101 Å². The van der Waals surface area contributed by atoms with Crippen LogP contribution in [0, 0.1) is 18.7 Å². The lowest BCUT2D eigenvalue weighted by molar-refractivity contribution is -0.117. The van der Waals surface area contributed by atoms with Crippen molar-refractivity contribution in [1.82, 2.24) is 5.16 Å². The van der Waals surface area contributed by atoms with Crippen molar-refractivity contribution in [2.75, 3.05) is 10.0 Å². The lowest BCUT2D eigenvalue weighted by Gasteiger charge is -2.05. The molecule has 3 aromatic rings. The highest BCUT2D eigenvalue weighted by atomic mass is 32.2. The number of carbonyl (C=O) groups excluding carboxylic acids is 1. The van der Waals surface area contributed by atoms with Crippen molar-refractivity contribution in [3.8, 4) is 0 Å². The number of aromatic nitrogens is 1. The first-order valence-electron chi connectivity index (χ1n) is 9.15. The van der Waals surface area contributed by atoms with E-state index in [1.54, 1.807) is 25.1 Å². The first kappa shape index (κ1) is 20.3. The Bertz CT molecular complexity index is 1210. The summed E-state index contributed by atoms with van der Waals surface area (Å²) in [5.41, 5.74) is 1.36. The number of sulfonamides is 1. The highest BCUT2D eigenvalue weighted by Gasteiger charge is 2.30. The second-order valence-electron chi connectivity index (χ2n) is 6.87. The Labute approximate surface area is 176 Å². The van der Waals surface area contributed by atoms with Gasteiger partial charge in [0.2, 0.25) is 5.91 Å². The number of benzene rings is 1. The molecule has 2 aromatic heterocycles. The van der Waals surface area contributed by atoms with Gasteiger partial charge in [-0.1, -0.05) is 5.16 Å². The average Bonchev–Trinajstić information content (AvgIpc) is 3.35. The minimum absolute atomic E-state index is 0.0488.